The summed E-state index contributed by atoms with van der Waals surface area (Å²) in [6.07, 6.45) is 2.32. The van der Waals surface area contributed by atoms with Crippen molar-refractivity contribution in [2.75, 3.05) is 0 Å². The molecular weight excluding hydrogens is 408 g/mol. The number of aryl methyl sites for hydroxylation is 1. The van der Waals surface area contributed by atoms with Crippen LogP contribution in [0.3, 0.4) is 0 Å². The largest absolute Gasteiger partial charge is 0.469 e. The summed E-state index contributed by atoms with van der Waals surface area (Å²) in [5, 5.41) is 12.3. The van der Waals surface area contributed by atoms with Crippen molar-refractivity contribution in [3.05, 3.63) is 84.3 Å². The highest BCUT2D eigenvalue weighted by molar-refractivity contribution is 8.00. The van der Waals surface area contributed by atoms with E-state index in [-0.39, 0.29) is 11.2 Å². The number of furan rings is 1. The van der Waals surface area contributed by atoms with Crippen LogP contribution in [0.25, 0.3) is 17.1 Å². The lowest BCUT2D eigenvalue weighted by Gasteiger charge is -2.16. The number of nitrogens with one attached hydrogen (secondary N) is 1. The van der Waals surface area contributed by atoms with Crippen molar-refractivity contribution < 1.29 is 9.21 Å². The number of rotatable bonds is 8. The van der Waals surface area contributed by atoms with Gasteiger partial charge in [-0.2, -0.15) is 0 Å². The SMILES string of the molecule is CCC(Sc1nnc(-c2ccoc2C)n1-c1ccccc1)C(=O)NCc1ccccc1. The maximum Gasteiger partial charge on any atom is 0.233 e. The molecule has 0 spiro atoms. The van der Waals surface area contributed by atoms with Crippen molar-refractivity contribution in [2.45, 2.75) is 37.2 Å². The predicted octanol–water partition coefficient (Wildman–Crippen LogP) is 5.02. The lowest BCUT2D eigenvalue weighted by atomic mass is 10.2. The van der Waals surface area contributed by atoms with E-state index in [0.29, 0.717) is 23.9 Å². The number of carbonyl (C=O) groups excluding carboxylic acids is 1. The molecule has 0 radical (unpaired) electrons. The Morgan fingerprint density at radius 3 is 2.42 bits per heavy atom. The van der Waals surface area contributed by atoms with E-state index in [9.17, 15) is 4.79 Å². The standard InChI is InChI=1S/C24H24N4O2S/c1-3-21(23(29)25-16-18-10-6-4-7-11-18)31-24-27-26-22(20-14-15-30-17(20)2)28(24)19-12-8-5-9-13-19/h4-15,21H,3,16H2,1-2H3,(H,25,29). The first-order valence-electron chi connectivity index (χ1n) is 10.2. The van der Waals surface area contributed by atoms with Crippen LogP contribution in [-0.4, -0.2) is 25.9 Å². The molecule has 0 fully saturated rings. The van der Waals surface area contributed by atoms with Gasteiger partial charge in [0.1, 0.15) is 5.76 Å². The molecule has 2 heterocycles. The molecule has 31 heavy (non-hydrogen) atoms. The smallest absolute Gasteiger partial charge is 0.233 e. The Morgan fingerprint density at radius 2 is 1.77 bits per heavy atom. The van der Waals surface area contributed by atoms with E-state index in [1.807, 2.05) is 85.1 Å². The number of aromatic nitrogens is 3. The molecule has 0 aliphatic heterocycles. The summed E-state index contributed by atoms with van der Waals surface area (Å²) >= 11 is 1.42. The molecule has 2 aromatic heterocycles. The van der Waals surface area contributed by atoms with Crippen molar-refractivity contribution in [1.82, 2.24) is 20.1 Å². The van der Waals surface area contributed by atoms with Crippen LogP contribution >= 0.6 is 11.8 Å². The molecule has 1 N–H and O–H groups in total. The Hall–Kier alpha value is -3.32. The second-order valence-corrected chi connectivity index (χ2v) is 8.26. The molecule has 0 saturated carbocycles. The lowest BCUT2D eigenvalue weighted by Crippen LogP contribution is -2.32. The van der Waals surface area contributed by atoms with Crippen LogP contribution in [0.1, 0.15) is 24.7 Å². The van der Waals surface area contributed by atoms with Crippen LogP contribution in [0.15, 0.2) is 82.6 Å². The van der Waals surface area contributed by atoms with Crippen LogP contribution < -0.4 is 5.32 Å². The molecule has 4 aromatic rings. The van der Waals surface area contributed by atoms with Gasteiger partial charge in [-0.15, -0.1) is 10.2 Å². The number of hydrogen-bond acceptors (Lipinski definition) is 5. The van der Waals surface area contributed by atoms with Crippen molar-refractivity contribution in [3.63, 3.8) is 0 Å². The summed E-state index contributed by atoms with van der Waals surface area (Å²) in [6, 6.07) is 21.7. The van der Waals surface area contributed by atoms with E-state index in [2.05, 4.69) is 15.5 Å². The van der Waals surface area contributed by atoms with Crippen LogP contribution in [-0.2, 0) is 11.3 Å². The van der Waals surface area contributed by atoms with Gasteiger partial charge in [-0.05, 0) is 37.1 Å². The van der Waals surface area contributed by atoms with E-state index in [4.69, 9.17) is 4.42 Å². The Bertz CT molecular complexity index is 1140. The van der Waals surface area contributed by atoms with E-state index in [1.54, 1.807) is 6.26 Å². The zero-order chi connectivity index (χ0) is 21.6. The third-order valence-electron chi connectivity index (χ3n) is 4.97. The van der Waals surface area contributed by atoms with Gasteiger partial charge in [-0.25, -0.2) is 0 Å². The van der Waals surface area contributed by atoms with E-state index < -0.39 is 0 Å². The maximum atomic E-state index is 12.9. The third-order valence-corrected chi connectivity index (χ3v) is 6.27. The Balaban J connectivity index is 1.60. The fourth-order valence-electron chi connectivity index (χ4n) is 3.30. The highest BCUT2D eigenvalue weighted by Crippen LogP contribution is 2.32. The number of benzene rings is 2. The van der Waals surface area contributed by atoms with Gasteiger partial charge in [-0.1, -0.05) is 67.2 Å². The van der Waals surface area contributed by atoms with E-state index in [0.717, 1.165) is 22.6 Å². The van der Waals surface area contributed by atoms with E-state index >= 15 is 0 Å². The fourth-order valence-corrected chi connectivity index (χ4v) is 4.29. The van der Waals surface area contributed by atoms with Gasteiger partial charge in [0.15, 0.2) is 11.0 Å². The number of carbonyl (C=O) groups is 1. The van der Waals surface area contributed by atoms with Crippen LogP contribution in [0.2, 0.25) is 0 Å². The number of hydrogen-bond donors (Lipinski definition) is 1. The quantitative estimate of drug-likeness (QED) is 0.396. The summed E-state index contributed by atoms with van der Waals surface area (Å²) in [4.78, 5) is 12.9. The maximum absolute atomic E-state index is 12.9. The van der Waals surface area contributed by atoms with E-state index in [1.165, 1.54) is 11.8 Å². The average molecular weight is 433 g/mol. The minimum absolute atomic E-state index is 0.0139. The number of nitrogens with zero attached hydrogens (tertiary/aromatic N) is 3. The van der Waals surface area contributed by atoms with Crippen molar-refractivity contribution in [3.8, 4) is 17.1 Å². The second-order valence-electron chi connectivity index (χ2n) is 7.09. The minimum Gasteiger partial charge on any atom is -0.469 e. The summed E-state index contributed by atoms with van der Waals surface area (Å²) < 4.78 is 7.46. The van der Waals surface area contributed by atoms with Crippen LogP contribution in [0.5, 0.6) is 0 Å². The normalized spacial score (nSPS) is 11.9. The van der Waals surface area contributed by atoms with Crippen molar-refractivity contribution in [1.29, 1.82) is 0 Å². The Kier molecular flexibility index (Phi) is 6.52. The number of para-hydroxylation sites is 1. The Labute approximate surface area is 185 Å². The zero-order valence-electron chi connectivity index (χ0n) is 17.5. The fraction of sp³-hybridized carbons (Fsp3) is 0.208. The molecule has 2 aromatic carbocycles. The van der Waals surface area contributed by atoms with Crippen LogP contribution in [0.4, 0.5) is 0 Å². The number of thioether (sulfide) groups is 1. The van der Waals surface area contributed by atoms with Crippen LogP contribution in [0, 0.1) is 6.92 Å². The first-order valence-corrected chi connectivity index (χ1v) is 11.1. The van der Waals surface area contributed by atoms with Gasteiger partial charge < -0.3 is 9.73 Å². The third kappa shape index (κ3) is 4.72. The molecule has 1 atom stereocenters. The highest BCUT2D eigenvalue weighted by Gasteiger charge is 2.24. The molecular formula is C24H24N4O2S. The zero-order valence-corrected chi connectivity index (χ0v) is 18.3. The topological polar surface area (TPSA) is 73.0 Å². The molecule has 6 nitrogen and oxygen atoms in total. The summed E-state index contributed by atoms with van der Waals surface area (Å²) in [6.45, 7) is 4.41. The molecule has 1 amide bonds. The minimum atomic E-state index is -0.284. The molecule has 0 bridgehead atoms. The summed E-state index contributed by atoms with van der Waals surface area (Å²) in [5.41, 5.74) is 2.89. The highest BCUT2D eigenvalue weighted by atomic mass is 32.2. The van der Waals surface area contributed by atoms with Gasteiger partial charge in [0.2, 0.25) is 5.91 Å². The lowest BCUT2D eigenvalue weighted by molar-refractivity contribution is -0.120. The summed E-state index contributed by atoms with van der Waals surface area (Å²) in [7, 11) is 0. The second kappa shape index (κ2) is 9.66. The van der Waals surface area contributed by atoms with Gasteiger partial charge in [-0.3, -0.25) is 9.36 Å². The molecule has 1 unspecified atom stereocenters. The van der Waals surface area contributed by atoms with Gasteiger partial charge in [0.05, 0.1) is 17.1 Å². The molecule has 0 aliphatic carbocycles. The van der Waals surface area contributed by atoms with Gasteiger partial charge >= 0.3 is 0 Å². The molecule has 0 saturated heterocycles. The average Bonchev–Trinajstić information content (AvgIpc) is 3.42. The molecule has 4 rings (SSSR count). The molecule has 7 heteroatoms. The molecule has 158 valence electrons. The van der Waals surface area contributed by atoms with Gasteiger partial charge in [0.25, 0.3) is 0 Å². The van der Waals surface area contributed by atoms with Crippen molar-refractivity contribution in [2.24, 2.45) is 0 Å². The Morgan fingerprint density at radius 1 is 1.06 bits per heavy atom. The van der Waals surface area contributed by atoms with Crippen molar-refractivity contribution >= 4 is 17.7 Å². The molecule has 0 aliphatic rings. The van der Waals surface area contributed by atoms with Gasteiger partial charge in [0, 0.05) is 12.2 Å². The first kappa shape index (κ1) is 20.9. The monoisotopic (exact) mass is 432 g/mol. The first-order chi connectivity index (χ1) is 15.2. The predicted molar refractivity (Wildman–Crippen MR) is 122 cm³/mol. The summed E-state index contributed by atoms with van der Waals surface area (Å²) in [5.74, 6) is 1.45. The number of amides is 1.